The van der Waals surface area contributed by atoms with Gasteiger partial charge in [-0.2, -0.15) is 0 Å². The van der Waals surface area contributed by atoms with Crippen molar-refractivity contribution >= 4 is 27.5 Å². The Hall–Kier alpha value is -3.65. The monoisotopic (exact) mass is 549 g/mol. The highest BCUT2D eigenvalue weighted by Crippen LogP contribution is 2.26. The van der Waals surface area contributed by atoms with Gasteiger partial charge >= 0.3 is 0 Å². The lowest BCUT2D eigenvalue weighted by Gasteiger charge is -2.33. The number of amides is 2. The highest BCUT2D eigenvalue weighted by atomic mass is 32.2. The van der Waals surface area contributed by atoms with Gasteiger partial charge in [-0.1, -0.05) is 93.1 Å². The first-order valence-electron chi connectivity index (χ1n) is 13.0. The van der Waals surface area contributed by atoms with E-state index in [1.165, 1.54) is 11.9 Å². The van der Waals surface area contributed by atoms with Gasteiger partial charge in [-0.25, -0.2) is 8.42 Å². The summed E-state index contributed by atoms with van der Waals surface area (Å²) in [6, 6.07) is 23.6. The van der Waals surface area contributed by atoms with Crippen LogP contribution < -0.4 is 9.62 Å². The van der Waals surface area contributed by atoms with E-state index in [0.717, 1.165) is 32.8 Å². The molecule has 0 saturated carbocycles. The van der Waals surface area contributed by atoms with Gasteiger partial charge < -0.3 is 10.2 Å². The van der Waals surface area contributed by atoms with Crippen LogP contribution >= 0.6 is 0 Å². The minimum Gasteiger partial charge on any atom is -0.357 e. The summed E-state index contributed by atoms with van der Waals surface area (Å²) in [5, 5.41) is 2.69. The van der Waals surface area contributed by atoms with Crippen molar-refractivity contribution in [3.05, 3.63) is 101 Å². The van der Waals surface area contributed by atoms with E-state index in [4.69, 9.17) is 0 Å². The van der Waals surface area contributed by atoms with Gasteiger partial charge in [0.15, 0.2) is 0 Å². The number of sulfonamides is 1. The highest BCUT2D eigenvalue weighted by Gasteiger charge is 2.32. The van der Waals surface area contributed by atoms with Crippen LogP contribution in [0.4, 0.5) is 5.69 Å². The first-order valence-corrected chi connectivity index (χ1v) is 14.8. The van der Waals surface area contributed by atoms with Crippen LogP contribution in [0.3, 0.4) is 0 Å². The molecule has 0 bridgehead atoms. The normalized spacial score (nSPS) is 12.5. The number of anilines is 1. The molecule has 0 unspecified atom stereocenters. The second kappa shape index (κ2) is 12.5. The zero-order valence-corrected chi connectivity index (χ0v) is 24.5. The Morgan fingerprint density at radius 1 is 0.872 bits per heavy atom. The van der Waals surface area contributed by atoms with Gasteiger partial charge in [0, 0.05) is 20.0 Å². The Labute approximate surface area is 232 Å². The predicted octanol–water partition coefficient (Wildman–Crippen LogP) is 4.44. The molecule has 208 valence electrons. The average molecular weight is 550 g/mol. The summed E-state index contributed by atoms with van der Waals surface area (Å²) in [6.45, 7) is 7.94. The topological polar surface area (TPSA) is 86.8 Å². The van der Waals surface area contributed by atoms with E-state index in [0.29, 0.717) is 5.69 Å². The third kappa shape index (κ3) is 8.17. The lowest BCUT2D eigenvalue weighted by atomic mass is 9.87. The molecule has 7 nitrogen and oxygen atoms in total. The molecule has 3 aromatic carbocycles. The maximum absolute atomic E-state index is 14.0. The van der Waals surface area contributed by atoms with Crippen molar-refractivity contribution in [1.29, 1.82) is 0 Å². The van der Waals surface area contributed by atoms with Crippen LogP contribution in [0, 0.1) is 6.92 Å². The molecule has 1 atom stereocenters. The molecular weight excluding hydrogens is 510 g/mol. The van der Waals surface area contributed by atoms with Crippen LogP contribution in [0.2, 0.25) is 0 Å². The van der Waals surface area contributed by atoms with Gasteiger partial charge in [0.1, 0.15) is 12.6 Å². The van der Waals surface area contributed by atoms with Crippen molar-refractivity contribution in [1.82, 2.24) is 10.2 Å². The van der Waals surface area contributed by atoms with Gasteiger partial charge in [0.25, 0.3) is 0 Å². The molecule has 0 saturated heterocycles. The van der Waals surface area contributed by atoms with E-state index in [1.54, 1.807) is 12.1 Å². The molecule has 0 aliphatic heterocycles. The number of carbonyl (C=O) groups excluding carboxylic acids is 2. The minimum absolute atomic E-state index is 0.104. The lowest BCUT2D eigenvalue weighted by Crippen LogP contribution is -2.52. The summed E-state index contributed by atoms with van der Waals surface area (Å²) in [5.41, 5.74) is 4.16. The number of nitrogens with zero attached hydrogens (tertiary/aromatic N) is 2. The second-order valence-corrected chi connectivity index (χ2v) is 12.8. The first kappa shape index (κ1) is 29.9. The number of hydrogen-bond donors (Lipinski definition) is 1. The summed E-state index contributed by atoms with van der Waals surface area (Å²) in [6.07, 6.45) is 1.37. The molecule has 2 amide bonds. The molecule has 0 aromatic heterocycles. The van der Waals surface area contributed by atoms with Crippen LogP contribution in [-0.2, 0) is 38.0 Å². The number of hydrogen-bond acceptors (Lipinski definition) is 4. The van der Waals surface area contributed by atoms with Crippen LogP contribution in [0.25, 0.3) is 0 Å². The third-order valence-electron chi connectivity index (χ3n) is 6.69. The quantitative estimate of drug-likeness (QED) is 0.405. The van der Waals surface area contributed by atoms with Gasteiger partial charge in [0.05, 0.1) is 11.9 Å². The van der Waals surface area contributed by atoms with Crippen LogP contribution in [0.5, 0.6) is 0 Å². The summed E-state index contributed by atoms with van der Waals surface area (Å²) in [7, 11) is -2.26. The smallest absolute Gasteiger partial charge is 0.244 e. The Morgan fingerprint density at radius 2 is 1.46 bits per heavy atom. The maximum atomic E-state index is 14.0. The fraction of sp³-hybridized carbons (Fsp3) is 0.355. The number of nitrogens with one attached hydrogen (secondary N) is 1. The van der Waals surface area contributed by atoms with Crippen molar-refractivity contribution in [2.45, 2.75) is 52.1 Å². The Balaban J connectivity index is 2.01. The van der Waals surface area contributed by atoms with Crippen LogP contribution in [-0.4, -0.2) is 51.0 Å². The molecular formula is C31H39N3O4S. The van der Waals surface area contributed by atoms with E-state index in [2.05, 4.69) is 26.1 Å². The third-order valence-corrected chi connectivity index (χ3v) is 7.83. The van der Waals surface area contributed by atoms with Crippen molar-refractivity contribution in [2.75, 3.05) is 24.2 Å². The zero-order chi connectivity index (χ0) is 28.8. The zero-order valence-electron chi connectivity index (χ0n) is 23.6. The molecule has 0 fully saturated rings. The van der Waals surface area contributed by atoms with E-state index >= 15 is 0 Å². The summed E-state index contributed by atoms with van der Waals surface area (Å²) < 4.78 is 26.9. The van der Waals surface area contributed by atoms with E-state index < -0.39 is 28.5 Å². The van der Waals surface area contributed by atoms with Gasteiger partial charge in [0.2, 0.25) is 21.8 Å². The van der Waals surface area contributed by atoms with Crippen molar-refractivity contribution < 1.29 is 18.0 Å². The van der Waals surface area contributed by atoms with Crippen molar-refractivity contribution in [3.8, 4) is 0 Å². The fourth-order valence-electron chi connectivity index (χ4n) is 4.35. The van der Waals surface area contributed by atoms with Gasteiger partial charge in [-0.3, -0.25) is 13.9 Å². The van der Waals surface area contributed by atoms with Crippen LogP contribution in [0.1, 0.15) is 43.0 Å². The Bertz CT molecular complexity index is 1360. The van der Waals surface area contributed by atoms with Gasteiger partial charge in [-0.15, -0.1) is 0 Å². The standard InChI is InChI=1S/C31H39N3O4S/c1-23-12-14-25(15-13-23)21-33(28(30(36)32-5)20-24-10-8-7-9-11-24)29(35)22-34(39(6,37)38)27-18-16-26(17-19-27)31(2,3)4/h7-19,28H,20-22H2,1-6H3,(H,32,36)/t28-/m0/s1. The maximum Gasteiger partial charge on any atom is 0.244 e. The molecule has 0 heterocycles. The highest BCUT2D eigenvalue weighted by molar-refractivity contribution is 7.92. The van der Waals surface area contributed by atoms with Crippen molar-refractivity contribution in [3.63, 3.8) is 0 Å². The molecule has 0 aliphatic carbocycles. The van der Waals surface area contributed by atoms with E-state index in [9.17, 15) is 18.0 Å². The average Bonchev–Trinajstić information content (AvgIpc) is 2.89. The van der Waals surface area contributed by atoms with E-state index in [-0.39, 0.29) is 24.3 Å². The van der Waals surface area contributed by atoms with E-state index in [1.807, 2.05) is 73.7 Å². The number of benzene rings is 3. The molecule has 8 heteroatoms. The second-order valence-electron chi connectivity index (χ2n) is 10.9. The molecule has 3 rings (SSSR count). The van der Waals surface area contributed by atoms with Crippen LogP contribution in [0.15, 0.2) is 78.9 Å². The summed E-state index contributed by atoms with van der Waals surface area (Å²) in [4.78, 5) is 28.6. The van der Waals surface area contributed by atoms with Gasteiger partial charge in [-0.05, 0) is 41.2 Å². The Kier molecular flexibility index (Phi) is 9.56. The summed E-state index contributed by atoms with van der Waals surface area (Å²) in [5.74, 6) is -0.787. The van der Waals surface area contributed by atoms with Crippen molar-refractivity contribution in [2.24, 2.45) is 0 Å². The minimum atomic E-state index is -3.80. The largest absolute Gasteiger partial charge is 0.357 e. The Morgan fingerprint density at radius 3 is 1.97 bits per heavy atom. The number of rotatable bonds is 10. The summed E-state index contributed by atoms with van der Waals surface area (Å²) >= 11 is 0. The molecule has 3 aromatic rings. The SMILES string of the molecule is CNC(=O)[C@H](Cc1ccccc1)N(Cc1ccc(C)cc1)C(=O)CN(c1ccc(C(C)(C)C)cc1)S(C)(=O)=O. The molecule has 39 heavy (non-hydrogen) atoms. The first-order chi connectivity index (χ1) is 18.3. The molecule has 1 N–H and O–H groups in total. The fourth-order valence-corrected chi connectivity index (χ4v) is 5.20. The molecule has 0 radical (unpaired) electrons. The molecule has 0 aliphatic rings. The lowest BCUT2D eigenvalue weighted by molar-refractivity contribution is -0.139. The number of aryl methyl sites for hydroxylation is 1. The predicted molar refractivity (Wildman–Crippen MR) is 157 cm³/mol. The number of likely N-dealkylation sites (N-methyl/N-ethyl adjacent to an activating group) is 1. The number of carbonyl (C=O) groups is 2. The molecule has 0 spiro atoms.